The Morgan fingerprint density at radius 2 is 0.633 bits per heavy atom. The number of benzene rings is 8. The lowest BCUT2D eigenvalue weighted by atomic mass is 10.0. The number of carbonyl (C=O) groups is 4. The van der Waals surface area contributed by atoms with E-state index in [1.807, 2.05) is 109 Å². The van der Waals surface area contributed by atoms with Crippen molar-refractivity contribution >= 4 is 78.6 Å². The van der Waals surface area contributed by atoms with E-state index in [1.165, 1.54) is 9.80 Å². The molecule has 0 radical (unpaired) electrons. The second-order valence-electron chi connectivity index (χ2n) is 15.1. The first kappa shape index (κ1) is 33.7. The van der Waals surface area contributed by atoms with E-state index in [0.717, 1.165) is 43.6 Å². The van der Waals surface area contributed by atoms with E-state index < -0.39 is 23.6 Å². The van der Waals surface area contributed by atoms with Crippen molar-refractivity contribution in [1.82, 2.24) is 9.13 Å². The largest absolute Gasteiger partial charge is 0.308 e. The van der Waals surface area contributed by atoms with Crippen LogP contribution in [0.15, 0.2) is 182 Å². The first-order valence-electron chi connectivity index (χ1n) is 19.7. The van der Waals surface area contributed by atoms with Gasteiger partial charge in [-0.1, -0.05) is 109 Å². The molecule has 2 aliphatic heterocycles. The van der Waals surface area contributed by atoms with Crippen LogP contribution in [0.5, 0.6) is 0 Å². The number of para-hydroxylation sites is 4. The molecular formula is C52H30N4O4. The van der Waals surface area contributed by atoms with Gasteiger partial charge in [-0.25, -0.2) is 9.80 Å². The number of aromatic nitrogens is 2. The Morgan fingerprint density at radius 3 is 1.00 bits per heavy atom. The highest BCUT2D eigenvalue weighted by atomic mass is 16.2. The zero-order valence-electron chi connectivity index (χ0n) is 31.7. The second kappa shape index (κ2) is 12.6. The molecule has 60 heavy (non-hydrogen) atoms. The van der Waals surface area contributed by atoms with Gasteiger partial charge in [0.05, 0.1) is 67.1 Å². The number of anilines is 2. The average molecular weight is 775 g/mol. The Labute approximate surface area is 342 Å². The van der Waals surface area contributed by atoms with Gasteiger partial charge in [0.15, 0.2) is 0 Å². The number of rotatable bonds is 5. The molecule has 282 valence electrons. The molecule has 4 heterocycles. The van der Waals surface area contributed by atoms with Gasteiger partial charge in [0, 0.05) is 21.5 Å². The van der Waals surface area contributed by atoms with Crippen LogP contribution < -0.4 is 9.80 Å². The Balaban J connectivity index is 0.908. The maximum absolute atomic E-state index is 14.5. The fraction of sp³-hybridized carbons (Fsp3) is 0. The van der Waals surface area contributed by atoms with E-state index in [-0.39, 0.29) is 0 Å². The summed E-state index contributed by atoms with van der Waals surface area (Å²) < 4.78 is 4.12. The van der Waals surface area contributed by atoms with E-state index >= 15 is 0 Å². The molecule has 8 heteroatoms. The molecule has 10 aromatic rings. The number of hydrogen-bond donors (Lipinski definition) is 0. The van der Waals surface area contributed by atoms with Crippen LogP contribution in [0.1, 0.15) is 41.4 Å². The van der Waals surface area contributed by atoms with E-state index in [1.54, 1.807) is 48.5 Å². The first-order chi connectivity index (χ1) is 29.5. The van der Waals surface area contributed by atoms with Crippen LogP contribution in [0.3, 0.4) is 0 Å². The van der Waals surface area contributed by atoms with Crippen LogP contribution in [0.25, 0.3) is 66.1 Å². The van der Waals surface area contributed by atoms with E-state index in [2.05, 4.69) is 33.4 Å². The molecular weight excluding hydrogens is 745 g/mol. The van der Waals surface area contributed by atoms with Crippen molar-refractivity contribution in [1.29, 1.82) is 0 Å². The summed E-state index contributed by atoms with van der Waals surface area (Å²) in [4.78, 5) is 59.9. The molecule has 2 aliphatic rings. The molecule has 0 bridgehead atoms. The predicted octanol–water partition coefficient (Wildman–Crippen LogP) is 11.1. The maximum Gasteiger partial charge on any atom is 0.268 e. The van der Waals surface area contributed by atoms with E-state index in [4.69, 9.17) is 0 Å². The number of carbonyl (C=O) groups excluding carboxylic acids is 4. The van der Waals surface area contributed by atoms with Crippen molar-refractivity contribution in [2.24, 2.45) is 0 Å². The van der Waals surface area contributed by atoms with Gasteiger partial charge in [-0.05, 0) is 83.9 Å². The number of amides is 4. The molecule has 0 unspecified atom stereocenters. The van der Waals surface area contributed by atoms with Gasteiger partial charge >= 0.3 is 0 Å². The lowest BCUT2D eigenvalue weighted by molar-refractivity contribution is 0.0910. The monoisotopic (exact) mass is 774 g/mol. The van der Waals surface area contributed by atoms with Gasteiger partial charge in [0.1, 0.15) is 0 Å². The predicted molar refractivity (Wildman–Crippen MR) is 236 cm³/mol. The molecule has 0 saturated heterocycles. The summed E-state index contributed by atoms with van der Waals surface area (Å²) in [6, 6.07) is 57.5. The molecule has 0 N–H and O–H groups in total. The van der Waals surface area contributed by atoms with Gasteiger partial charge in [-0.2, -0.15) is 0 Å². The zero-order valence-corrected chi connectivity index (χ0v) is 31.7. The van der Waals surface area contributed by atoms with Crippen molar-refractivity contribution in [3.8, 4) is 22.5 Å². The maximum atomic E-state index is 14.5. The third kappa shape index (κ3) is 4.61. The second-order valence-corrected chi connectivity index (χ2v) is 15.1. The van der Waals surface area contributed by atoms with Gasteiger partial charge in [0.2, 0.25) is 0 Å². The number of imide groups is 2. The highest BCUT2D eigenvalue weighted by Crippen LogP contribution is 2.41. The minimum Gasteiger partial charge on any atom is -0.308 e. The first-order valence-corrected chi connectivity index (χ1v) is 19.7. The summed E-state index contributed by atoms with van der Waals surface area (Å²) in [7, 11) is 0. The minimum atomic E-state index is -0.413. The van der Waals surface area contributed by atoms with Crippen molar-refractivity contribution in [3.05, 3.63) is 204 Å². The smallest absolute Gasteiger partial charge is 0.268 e. The highest BCUT2D eigenvalue weighted by Gasteiger charge is 2.41. The van der Waals surface area contributed by atoms with Crippen LogP contribution in [-0.2, 0) is 0 Å². The fourth-order valence-electron chi connectivity index (χ4n) is 9.39. The Hall–Kier alpha value is -8.36. The molecule has 0 aliphatic carbocycles. The van der Waals surface area contributed by atoms with Gasteiger partial charge < -0.3 is 9.13 Å². The van der Waals surface area contributed by atoms with Crippen LogP contribution in [0, 0.1) is 0 Å². The van der Waals surface area contributed by atoms with Gasteiger partial charge in [-0.15, -0.1) is 0 Å². The van der Waals surface area contributed by atoms with Crippen LogP contribution in [0.4, 0.5) is 11.4 Å². The molecule has 2 aromatic heterocycles. The van der Waals surface area contributed by atoms with Crippen LogP contribution in [-0.4, -0.2) is 32.8 Å². The van der Waals surface area contributed by atoms with Crippen LogP contribution >= 0.6 is 0 Å². The molecule has 0 spiro atoms. The quantitative estimate of drug-likeness (QED) is 0.163. The molecule has 0 saturated carbocycles. The van der Waals surface area contributed by atoms with Gasteiger partial charge in [0.25, 0.3) is 23.6 Å². The lowest BCUT2D eigenvalue weighted by Crippen LogP contribution is -2.29. The summed E-state index contributed by atoms with van der Waals surface area (Å²) in [6.07, 6.45) is 0. The highest BCUT2D eigenvalue weighted by molar-refractivity contribution is 6.37. The van der Waals surface area contributed by atoms with E-state index in [9.17, 15) is 19.2 Å². The zero-order chi connectivity index (χ0) is 40.2. The lowest BCUT2D eigenvalue weighted by Gasteiger charge is -2.17. The van der Waals surface area contributed by atoms with Crippen molar-refractivity contribution in [2.75, 3.05) is 9.80 Å². The van der Waals surface area contributed by atoms with E-state index in [0.29, 0.717) is 56.1 Å². The molecule has 8 nitrogen and oxygen atoms in total. The summed E-state index contributed by atoms with van der Waals surface area (Å²) in [5.74, 6) is -1.64. The third-order valence-corrected chi connectivity index (χ3v) is 12.0. The number of fused-ring (bicyclic) bond motifs is 8. The standard InChI is InChI=1S/C52H30N4O4/c57-49-39-21-11-27-45(55-41-23-5-1-17-35(41)36-18-2-6-24-42(36)55)47(39)51(59)53(49)33-15-9-13-31(29-33)32-14-10-16-34(30-32)54-50(58)40-22-12-28-46(48(40)52(54)60)56-43-25-7-3-19-37(43)38-20-4-8-26-44(38)56/h1-30H. The summed E-state index contributed by atoms with van der Waals surface area (Å²) in [5, 5.41) is 4.22. The van der Waals surface area contributed by atoms with Crippen molar-refractivity contribution in [3.63, 3.8) is 0 Å². The topological polar surface area (TPSA) is 84.6 Å². The fourth-order valence-corrected chi connectivity index (χ4v) is 9.39. The molecule has 12 rings (SSSR count). The summed E-state index contributed by atoms with van der Waals surface area (Å²) in [5.41, 5.74) is 8.60. The molecule has 0 fully saturated rings. The normalized spacial score (nSPS) is 13.7. The molecule has 4 amide bonds. The molecule has 0 atom stereocenters. The minimum absolute atomic E-state index is 0.331. The average Bonchev–Trinajstić information content (AvgIpc) is 3.98. The number of hydrogen-bond acceptors (Lipinski definition) is 4. The summed E-state index contributed by atoms with van der Waals surface area (Å²) in [6.45, 7) is 0. The van der Waals surface area contributed by atoms with Gasteiger partial charge in [-0.3, -0.25) is 19.2 Å². The number of nitrogens with zero attached hydrogens (tertiary/aromatic N) is 4. The third-order valence-electron chi connectivity index (χ3n) is 12.0. The Kier molecular flexibility index (Phi) is 7.07. The van der Waals surface area contributed by atoms with Crippen molar-refractivity contribution < 1.29 is 19.2 Å². The Bertz CT molecular complexity index is 3220. The van der Waals surface area contributed by atoms with Crippen molar-refractivity contribution in [2.45, 2.75) is 0 Å². The summed E-state index contributed by atoms with van der Waals surface area (Å²) >= 11 is 0. The van der Waals surface area contributed by atoms with Crippen LogP contribution in [0.2, 0.25) is 0 Å². The SMILES string of the molecule is O=C1c2cccc(-n3c4ccccc4c4ccccc43)c2C(=O)N1c1cccc(-c2cccc(N3C(=O)c4cccc(-n5c6ccccc6c6ccccc65)c4C3=O)c2)c1. The molecule has 8 aromatic carbocycles. The Morgan fingerprint density at radius 1 is 0.300 bits per heavy atom.